The lowest BCUT2D eigenvalue weighted by Gasteiger charge is -2.28. The molecule has 0 aromatic heterocycles. The molecule has 3 rings (SSSR count). The van der Waals surface area contributed by atoms with Crippen molar-refractivity contribution in [2.75, 3.05) is 11.9 Å². The predicted octanol–water partition coefficient (Wildman–Crippen LogP) is 5.32. The van der Waals surface area contributed by atoms with Crippen LogP contribution in [-0.4, -0.2) is 17.4 Å². The van der Waals surface area contributed by atoms with Crippen molar-refractivity contribution >= 4 is 11.6 Å². The van der Waals surface area contributed by atoms with Gasteiger partial charge in [0.2, 0.25) is 0 Å². The third-order valence-electron chi connectivity index (χ3n) is 4.50. The molecular weight excluding hydrogens is 341 g/mol. The lowest BCUT2D eigenvalue weighted by atomic mass is 10.1. The van der Waals surface area contributed by atoms with Crippen molar-refractivity contribution in [1.82, 2.24) is 4.90 Å². The average Bonchev–Trinajstić information content (AvgIpc) is 2.85. The van der Waals surface area contributed by atoms with Crippen LogP contribution in [0.4, 0.5) is 18.9 Å². The Balaban J connectivity index is 1.91. The Kier molecular flexibility index (Phi) is 4.94. The summed E-state index contributed by atoms with van der Waals surface area (Å²) in [5, 5.41) is 3.12. The second kappa shape index (κ2) is 7.02. The second-order valence-corrected chi connectivity index (χ2v) is 6.89. The molecule has 1 aliphatic heterocycles. The Bertz CT molecular complexity index is 802. The zero-order valence-electron chi connectivity index (χ0n) is 14.7. The number of carbonyl (C=O) groups excluding carboxylic acids is 1. The van der Waals surface area contributed by atoms with Gasteiger partial charge < -0.3 is 10.2 Å². The molecule has 6 heteroatoms. The van der Waals surface area contributed by atoms with Gasteiger partial charge in [-0.1, -0.05) is 38.1 Å². The van der Waals surface area contributed by atoms with Crippen molar-refractivity contribution in [2.24, 2.45) is 5.92 Å². The number of benzene rings is 2. The molecule has 0 radical (unpaired) electrons. The number of nitrogens with one attached hydrogen (secondary N) is 1. The number of anilines is 1. The first-order valence-corrected chi connectivity index (χ1v) is 8.61. The van der Waals surface area contributed by atoms with Gasteiger partial charge in [0.1, 0.15) is 6.17 Å². The van der Waals surface area contributed by atoms with Crippen LogP contribution in [0.15, 0.2) is 48.5 Å². The summed E-state index contributed by atoms with van der Waals surface area (Å²) in [4.78, 5) is 14.4. The van der Waals surface area contributed by atoms with Crippen LogP contribution in [-0.2, 0) is 6.18 Å². The van der Waals surface area contributed by atoms with Crippen LogP contribution < -0.4 is 5.32 Å². The fourth-order valence-corrected chi connectivity index (χ4v) is 3.10. The largest absolute Gasteiger partial charge is 0.416 e. The summed E-state index contributed by atoms with van der Waals surface area (Å²) >= 11 is 0. The molecule has 138 valence electrons. The highest BCUT2D eigenvalue weighted by molar-refractivity contribution is 5.99. The number of amides is 1. The fraction of sp³-hybridized carbons (Fsp3) is 0.350. The maximum absolute atomic E-state index is 13.0. The Morgan fingerprint density at radius 1 is 1.12 bits per heavy atom. The van der Waals surface area contributed by atoms with E-state index >= 15 is 0 Å². The van der Waals surface area contributed by atoms with Crippen LogP contribution in [0.2, 0.25) is 0 Å². The summed E-state index contributed by atoms with van der Waals surface area (Å²) in [5.41, 5.74) is 1.01. The zero-order valence-corrected chi connectivity index (χ0v) is 14.7. The molecule has 0 saturated carbocycles. The molecule has 3 nitrogen and oxygen atoms in total. The highest BCUT2D eigenvalue weighted by Gasteiger charge is 2.36. The summed E-state index contributed by atoms with van der Waals surface area (Å²) in [5.74, 6) is 0.325. The molecule has 2 aromatic carbocycles. The smallest absolute Gasteiger partial charge is 0.361 e. The van der Waals surface area contributed by atoms with Gasteiger partial charge in [0.05, 0.1) is 5.56 Å². The maximum Gasteiger partial charge on any atom is 0.416 e. The number of alkyl halides is 3. The summed E-state index contributed by atoms with van der Waals surface area (Å²) in [6, 6.07) is 12.3. The quantitative estimate of drug-likeness (QED) is 0.781. The highest BCUT2D eigenvalue weighted by Crippen LogP contribution is 2.36. The van der Waals surface area contributed by atoms with Crippen molar-refractivity contribution in [3.05, 3.63) is 65.2 Å². The normalized spacial score (nSPS) is 16.9. The first-order valence-electron chi connectivity index (χ1n) is 8.61. The summed E-state index contributed by atoms with van der Waals surface area (Å²) in [7, 11) is 0. The standard InChI is InChI=1S/C20H21F3N2O/c1-13(2)10-11-25-18(16-8-3-4-9-17(16)19(25)26)24-15-7-5-6-14(12-15)20(21,22)23/h3-9,12-13,18,24H,10-11H2,1-2H3/t18-/m0/s1. The number of carbonyl (C=O) groups is 1. The van der Waals surface area contributed by atoms with Gasteiger partial charge in [-0.05, 0) is 36.6 Å². The van der Waals surface area contributed by atoms with E-state index in [9.17, 15) is 18.0 Å². The van der Waals surface area contributed by atoms with E-state index < -0.39 is 17.9 Å². The molecule has 1 heterocycles. The molecule has 0 aliphatic carbocycles. The number of hydrogen-bond donors (Lipinski definition) is 1. The minimum atomic E-state index is -4.40. The molecule has 0 unspecified atom stereocenters. The highest BCUT2D eigenvalue weighted by atomic mass is 19.4. The summed E-state index contributed by atoms with van der Waals surface area (Å²) < 4.78 is 38.9. The topological polar surface area (TPSA) is 32.3 Å². The van der Waals surface area contributed by atoms with Gasteiger partial charge in [-0.2, -0.15) is 13.2 Å². The third kappa shape index (κ3) is 3.69. The second-order valence-electron chi connectivity index (χ2n) is 6.89. The Hall–Kier alpha value is -2.50. The van der Waals surface area contributed by atoms with E-state index in [0.29, 0.717) is 23.7 Å². The van der Waals surface area contributed by atoms with Gasteiger partial charge in [-0.15, -0.1) is 0 Å². The summed E-state index contributed by atoms with van der Waals surface area (Å²) in [6.07, 6.45) is -4.06. The van der Waals surface area contributed by atoms with Crippen LogP contribution in [0.5, 0.6) is 0 Å². The molecule has 1 amide bonds. The first-order chi connectivity index (χ1) is 12.3. The first kappa shape index (κ1) is 18.3. The number of rotatable bonds is 5. The van der Waals surface area contributed by atoms with E-state index in [1.54, 1.807) is 23.1 Å². The van der Waals surface area contributed by atoms with Crippen molar-refractivity contribution in [3.63, 3.8) is 0 Å². The molecule has 0 spiro atoms. The van der Waals surface area contributed by atoms with Gasteiger partial charge in [-0.3, -0.25) is 4.79 Å². The van der Waals surface area contributed by atoms with E-state index in [-0.39, 0.29) is 5.91 Å². The Morgan fingerprint density at radius 3 is 2.54 bits per heavy atom. The molecule has 0 bridgehead atoms. The predicted molar refractivity (Wildman–Crippen MR) is 94.7 cm³/mol. The van der Waals surface area contributed by atoms with Crippen LogP contribution in [0.25, 0.3) is 0 Å². The molecule has 1 aliphatic rings. The molecule has 0 fully saturated rings. The molecular formula is C20H21F3N2O. The lowest BCUT2D eigenvalue weighted by Crippen LogP contribution is -2.33. The van der Waals surface area contributed by atoms with Crippen molar-refractivity contribution in [3.8, 4) is 0 Å². The van der Waals surface area contributed by atoms with Crippen LogP contribution in [0, 0.1) is 5.92 Å². The number of hydrogen-bond acceptors (Lipinski definition) is 2. The Morgan fingerprint density at radius 2 is 1.85 bits per heavy atom. The number of fused-ring (bicyclic) bond motifs is 1. The van der Waals surface area contributed by atoms with Crippen molar-refractivity contribution in [2.45, 2.75) is 32.6 Å². The molecule has 26 heavy (non-hydrogen) atoms. The SMILES string of the molecule is CC(C)CCN1C(=O)c2ccccc2[C@H]1Nc1cccc(C(F)(F)F)c1. The van der Waals surface area contributed by atoms with Crippen LogP contribution in [0.3, 0.4) is 0 Å². The van der Waals surface area contributed by atoms with E-state index in [1.807, 2.05) is 12.1 Å². The summed E-state index contributed by atoms with van der Waals surface area (Å²) in [6.45, 7) is 4.69. The fourth-order valence-electron chi connectivity index (χ4n) is 3.10. The van der Waals surface area contributed by atoms with Gasteiger partial charge in [-0.25, -0.2) is 0 Å². The van der Waals surface area contributed by atoms with Gasteiger partial charge in [0.15, 0.2) is 0 Å². The zero-order chi connectivity index (χ0) is 18.9. The van der Waals surface area contributed by atoms with Gasteiger partial charge >= 0.3 is 6.18 Å². The van der Waals surface area contributed by atoms with E-state index in [0.717, 1.165) is 24.1 Å². The third-order valence-corrected chi connectivity index (χ3v) is 4.50. The number of halogens is 3. The maximum atomic E-state index is 13.0. The van der Waals surface area contributed by atoms with Gasteiger partial charge in [0, 0.05) is 23.4 Å². The van der Waals surface area contributed by atoms with Crippen LogP contribution >= 0.6 is 0 Å². The molecule has 1 N–H and O–H groups in total. The van der Waals surface area contributed by atoms with Crippen LogP contribution in [0.1, 0.15) is 47.9 Å². The van der Waals surface area contributed by atoms with E-state index in [4.69, 9.17) is 0 Å². The minimum Gasteiger partial charge on any atom is -0.361 e. The minimum absolute atomic E-state index is 0.0919. The van der Waals surface area contributed by atoms with E-state index in [2.05, 4.69) is 19.2 Å². The Labute approximate surface area is 150 Å². The van der Waals surface area contributed by atoms with E-state index in [1.165, 1.54) is 6.07 Å². The van der Waals surface area contributed by atoms with Crippen molar-refractivity contribution in [1.29, 1.82) is 0 Å². The molecule has 0 saturated heterocycles. The monoisotopic (exact) mass is 362 g/mol. The lowest BCUT2D eigenvalue weighted by molar-refractivity contribution is -0.137. The average molecular weight is 362 g/mol. The number of nitrogens with zero attached hydrogens (tertiary/aromatic N) is 1. The van der Waals surface area contributed by atoms with Crippen molar-refractivity contribution < 1.29 is 18.0 Å². The molecule has 1 atom stereocenters. The molecule has 2 aromatic rings. The van der Waals surface area contributed by atoms with Gasteiger partial charge in [0.25, 0.3) is 5.91 Å².